The first kappa shape index (κ1) is 23.2. The minimum atomic E-state index is -0.493. The summed E-state index contributed by atoms with van der Waals surface area (Å²) in [4.78, 5) is 28.9. The predicted molar refractivity (Wildman–Crippen MR) is 133 cm³/mol. The van der Waals surface area contributed by atoms with Crippen molar-refractivity contribution in [1.82, 2.24) is 20.3 Å². The van der Waals surface area contributed by atoms with Crippen molar-refractivity contribution < 1.29 is 9.18 Å². The van der Waals surface area contributed by atoms with Gasteiger partial charge in [0.15, 0.2) is 0 Å². The Hall–Kier alpha value is -3.98. The Bertz CT molecular complexity index is 1330. The minimum absolute atomic E-state index is 0.183. The molecule has 0 aliphatic carbocycles. The molecule has 0 aliphatic rings. The number of H-pyrrole nitrogens is 1. The van der Waals surface area contributed by atoms with Crippen molar-refractivity contribution >= 4 is 46.1 Å². The molecule has 0 saturated carbocycles. The number of anilines is 2. The van der Waals surface area contributed by atoms with Gasteiger partial charge in [-0.15, -0.1) is 0 Å². The fourth-order valence-electron chi connectivity index (χ4n) is 3.45. The maximum atomic E-state index is 13.7. The number of amides is 2. The number of carbonyl (C=O) groups is 1. The van der Waals surface area contributed by atoms with Gasteiger partial charge in [0, 0.05) is 45.7 Å². The third-order valence-electron chi connectivity index (χ3n) is 4.93. The van der Waals surface area contributed by atoms with E-state index in [0.717, 1.165) is 27.9 Å². The van der Waals surface area contributed by atoms with E-state index in [4.69, 9.17) is 11.6 Å². The van der Waals surface area contributed by atoms with Gasteiger partial charge in [0.1, 0.15) is 5.82 Å². The zero-order chi connectivity index (χ0) is 24.1. The van der Waals surface area contributed by atoms with E-state index < -0.39 is 6.03 Å². The average molecular weight is 480 g/mol. The second-order valence-electron chi connectivity index (χ2n) is 7.67. The number of aromatic nitrogens is 3. The van der Waals surface area contributed by atoms with Gasteiger partial charge >= 0.3 is 6.03 Å². The summed E-state index contributed by atoms with van der Waals surface area (Å²) in [5.41, 5.74) is 3.90. The summed E-state index contributed by atoms with van der Waals surface area (Å²) in [6.45, 7) is 4.04. The lowest BCUT2D eigenvalue weighted by Crippen LogP contribution is -2.39. The standard InChI is InChI=1S/C24H23ClFN7O/c1-14-11-15(2)30-23(29-14)32-22(33-24(34)31-19-6-3-17(25)4-7-19)27-10-9-16-13-28-21-8-5-18(26)12-20(16)21/h3-8,11-13,28H,9-10H2,1-2H3,(H3,27,29,30,31,32,33,34). The van der Waals surface area contributed by atoms with Crippen molar-refractivity contribution in [2.45, 2.75) is 20.3 Å². The second kappa shape index (κ2) is 10.3. The van der Waals surface area contributed by atoms with Crippen molar-refractivity contribution in [2.24, 2.45) is 4.99 Å². The number of aryl methyl sites for hydroxylation is 2. The van der Waals surface area contributed by atoms with Crippen LogP contribution in [0.2, 0.25) is 5.02 Å². The first-order valence-corrected chi connectivity index (χ1v) is 11.0. The molecule has 4 N–H and O–H groups in total. The number of hydrogen-bond donors (Lipinski definition) is 4. The third-order valence-corrected chi connectivity index (χ3v) is 5.18. The molecule has 8 nitrogen and oxygen atoms in total. The molecule has 0 bridgehead atoms. The van der Waals surface area contributed by atoms with Crippen molar-refractivity contribution in [3.63, 3.8) is 0 Å². The van der Waals surface area contributed by atoms with Gasteiger partial charge in [-0.05, 0) is 74.4 Å². The summed E-state index contributed by atoms with van der Waals surface area (Å²) in [5, 5.41) is 9.78. The normalized spacial score (nSPS) is 11.5. The van der Waals surface area contributed by atoms with E-state index in [0.29, 0.717) is 29.6 Å². The van der Waals surface area contributed by atoms with Crippen molar-refractivity contribution in [1.29, 1.82) is 0 Å². The summed E-state index contributed by atoms with van der Waals surface area (Å²) >= 11 is 5.90. The Morgan fingerprint density at radius 3 is 2.53 bits per heavy atom. The van der Waals surface area contributed by atoms with Crippen LogP contribution < -0.4 is 16.0 Å². The summed E-state index contributed by atoms with van der Waals surface area (Å²) < 4.78 is 13.7. The van der Waals surface area contributed by atoms with Gasteiger partial charge in [-0.3, -0.25) is 15.6 Å². The van der Waals surface area contributed by atoms with Gasteiger partial charge in [0.05, 0.1) is 0 Å². The highest BCUT2D eigenvalue weighted by Crippen LogP contribution is 2.20. The fraction of sp³-hybridized carbons (Fsp3) is 0.167. The molecule has 0 radical (unpaired) electrons. The van der Waals surface area contributed by atoms with E-state index in [1.807, 2.05) is 26.1 Å². The average Bonchev–Trinajstić information content (AvgIpc) is 3.16. The molecule has 34 heavy (non-hydrogen) atoms. The smallest absolute Gasteiger partial charge is 0.326 e. The highest BCUT2D eigenvalue weighted by atomic mass is 35.5. The Balaban J connectivity index is 1.50. The lowest BCUT2D eigenvalue weighted by Gasteiger charge is -2.12. The molecular formula is C24H23ClFN7O. The molecule has 4 rings (SSSR count). The van der Waals surface area contributed by atoms with Crippen LogP contribution >= 0.6 is 11.6 Å². The van der Waals surface area contributed by atoms with Gasteiger partial charge in [-0.1, -0.05) is 11.6 Å². The van der Waals surface area contributed by atoms with E-state index in [9.17, 15) is 9.18 Å². The van der Waals surface area contributed by atoms with Gasteiger partial charge in [-0.2, -0.15) is 0 Å². The van der Waals surface area contributed by atoms with Crippen LogP contribution in [0.25, 0.3) is 10.9 Å². The van der Waals surface area contributed by atoms with Crippen LogP contribution in [0.5, 0.6) is 0 Å². The molecule has 0 atom stereocenters. The monoisotopic (exact) mass is 479 g/mol. The molecule has 10 heteroatoms. The Morgan fingerprint density at radius 1 is 1.06 bits per heavy atom. The van der Waals surface area contributed by atoms with E-state index in [-0.39, 0.29) is 11.8 Å². The highest BCUT2D eigenvalue weighted by molar-refractivity contribution is 6.30. The largest absolute Gasteiger partial charge is 0.361 e. The number of aliphatic imine (C=N–C) groups is 1. The third kappa shape index (κ3) is 6.08. The summed E-state index contributed by atoms with van der Waals surface area (Å²) in [5.74, 6) is 0.200. The highest BCUT2D eigenvalue weighted by Gasteiger charge is 2.10. The first-order valence-electron chi connectivity index (χ1n) is 10.6. The second-order valence-corrected chi connectivity index (χ2v) is 8.11. The van der Waals surface area contributed by atoms with Gasteiger partial charge in [0.2, 0.25) is 11.9 Å². The summed E-state index contributed by atoms with van der Waals surface area (Å²) in [6.07, 6.45) is 2.36. The van der Waals surface area contributed by atoms with Crippen LogP contribution in [-0.4, -0.2) is 33.5 Å². The summed E-state index contributed by atoms with van der Waals surface area (Å²) in [6, 6.07) is 12.7. The number of urea groups is 1. The molecule has 0 fully saturated rings. The zero-order valence-corrected chi connectivity index (χ0v) is 19.4. The van der Waals surface area contributed by atoms with Crippen LogP contribution in [-0.2, 0) is 6.42 Å². The molecule has 2 aromatic carbocycles. The van der Waals surface area contributed by atoms with Crippen LogP contribution in [0.3, 0.4) is 0 Å². The number of nitrogens with one attached hydrogen (secondary N) is 4. The molecule has 0 spiro atoms. The van der Waals surface area contributed by atoms with E-state index in [1.54, 1.807) is 30.3 Å². The number of carbonyl (C=O) groups excluding carboxylic acids is 1. The number of nitrogens with zero attached hydrogens (tertiary/aromatic N) is 3. The van der Waals surface area contributed by atoms with Gasteiger partial charge in [-0.25, -0.2) is 19.2 Å². The lowest BCUT2D eigenvalue weighted by atomic mass is 10.1. The van der Waals surface area contributed by atoms with Crippen molar-refractivity contribution in [3.8, 4) is 0 Å². The first-order chi connectivity index (χ1) is 16.4. The molecule has 0 unspecified atom stereocenters. The van der Waals surface area contributed by atoms with Crippen LogP contribution in [0.4, 0.5) is 20.8 Å². The Labute approximate surface area is 200 Å². The number of hydrogen-bond acceptors (Lipinski definition) is 4. The maximum absolute atomic E-state index is 13.7. The number of rotatable bonds is 5. The van der Waals surface area contributed by atoms with Crippen molar-refractivity contribution in [3.05, 3.63) is 82.5 Å². The minimum Gasteiger partial charge on any atom is -0.361 e. The van der Waals surface area contributed by atoms with E-state index in [2.05, 4.69) is 35.9 Å². The Morgan fingerprint density at radius 2 is 1.79 bits per heavy atom. The molecule has 2 heterocycles. The molecular weight excluding hydrogens is 457 g/mol. The molecule has 2 aromatic heterocycles. The quantitative estimate of drug-likeness (QED) is 0.233. The Kier molecular flexibility index (Phi) is 7.03. The molecule has 0 saturated heterocycles. The number of benzene rings is 2. The van der Waals surface area contributed by atoms with E-state index >= 15 is 0 Å². The predicted octanol–water partition coefficient (Wildman–Crippen LogP) is 5.20. The molecule has 0 aliphatic heterocycles. The van der Waals surface area contributed by atoms with Crippen LogP contribution in [0.1, 0.15) is 17.0 Å². The summed E-state index contributed by atoms with van der Waals surface area (Å²) in [7, 11) is 0. The van der Waals surface area contributed by atoms with Crippen molar-refractivity contribution in [2.75, 3.05) is 17.2 Å². The molecule has 4 aromatic rings. The van der Waals surface area contributed by atoms with Crippen LogP contribution in [0, 0.1) is 19.7 Å². The fourth-order valence-corrected chi connectivity index (χ4v) is 3.57. The number of guanidine groups is 1. The van der Waals surface area contributed by atoms with Crippen LogP contribution in [0.15, 0.2) is 59.7 Å². The maximum Gasteiger partial charge on any atom is 0.326 e. The number of aromatic amines is 1. The number of halogens is 2. The van der Waals surface area contributed by atoms with Gasteiger partial charge in [0.25, 0.3) is 0 Å². The zero-order valence-electron chi connectivity index (χ0n) is 18.6. The lowest BCUT2D eigenvalue weighted by molar-refractivity contribution is 0.256. The molecule has 2 amide bonds. The SMILES string of the molecule is Cc1cc(C)nc(NC(=NCCc2c[nH]c3ccc(F)cc23)NC(=O)Nc2ccc(Cl)cc2)n1. The van der Waals surface area contributed by atoms with Gasteiger partial charge < -0.3 is 10.3 Å². The molecule has 174 valence electrons. The number of fused-ring (bicyclic) bond motifs is 1. The topological polar surface area (TPSA) is 107 Å². The van der Waals surface area contributed by atoms with E-state index in [1.165, 1.54) is 12.1 Å².